The molecule has 0 aliphatic carbocycles. The van der Waals surface area contributed by atoms with E-state index in [1.54, 1.807) is 0 Å². The van der Waals surface area contributed by atoms with E-state index in [1.165, 1.54) is 18.1 Å². The summed E-state index contributed by atoms with van der Waals surface area (Å²) in [7, 11) is 0. The Hall–Kier alpha value is -2.60. The lowest BCUT2D eigenvalue weighted by Crippen LogP contribution is -2.29. The quantitative estimate of drug-likeness (QED) is 0.407. The summed E-state index contributed by atoms with van der Waals surface area (Å²) >= 11 is 1.41. The van der Waals surface area contributed by atoms with Crippen molar-refractivity contribution in [1.82, 2.24) is 15.3 Å². The number of fused-ring (bicyclic) bond motifs is 1. The zero-order valence-electron chi connectivity index (χ0n) is 13.0. The number of carbonyl (C=O) groups is 1. The van der Waals surface area contributed by atoms with Gasteiger partial charge in [0, 0.05) is 5.39 Å². The summed E-state index contributed by atoms with van der Waals surface area (Å²) in [6.07, 6.45) is 1.52. The largest absolute Gasteiger partial charge is 0.492 e. The lowest BCUT2D eigenvalue weighted by molar-refractivity contribution is -0.118. The second-order valence-electron chi connectivity index (χ2n) is 5.00. The van der Waals surface area contributed by atoms with Gasteiger partial charge in [0.05, 0.1) is 17.8 Å². The second-order valence-corrected chi connectivity index (χ2v) is 5.96. The Balaban J connectivity index is 1.44. The molecule has 122 valence electrons. The van der Waals surface area contributed by atoms with Crippen LogP contribution in [-0.4, -0.2) is 34.8 Å². The molecule has 0 aliphatic heterocycles. The van der Waals surface area contributed by atoms with Gasteiger partial charge in [-0.25, -0.2) is 9.97 Å². The average Bonchev–Trinajstić information content (AvgIpc) is 2.64. The van der Waals surface area contributed by atoms with Gasteiger partial charge in [0.25, 0.3) is 0 Å². The van der Waals surface area contributed by atoms with Crippen molar-refractivity contribution in [3.63, 3.8) is 0 Å². The van der Waals surface area contributed by atoms with Crippen molar-refractivity contribution in [2.75, 3.05) is 18.9 Å². The molecular formula is C18H17N3O2S. The van der Waals surface area contributed by atoms with E-state index in [0.29, 0.717) is 18.9 Å². The first-order valence-corrected chi connectivity index (χ1v) is 8.58. The maximum Gasteiger partial charge on any atom is 0.230 e. The number of hydrogen-bond donors (Lipinski definition) is 1. The molecule has 0 bridgehead atoms. The molecule has 24 heavy (non-hydrogen) atoms. The molecule has 1 amide bonds. The van der Waals surface area contributed by atoms with Crippen molar-refractivity contribution >= 4 is 28.6 Å². The van der Waals surface area contributed by atoms with E-state index in [4.69, 9.17) is 4.74 Å². The number of aromatic nitrogens is 2. The molecule has 0 atom stereocenters. The lowest BCUT2D eigenvalue weighted by atomic mass is 10.2. The third-order valence-corrected chi connectivity index (χ3v) is 4.29. The van der Waals surface area contributed by atoms with Crippen LogP contribution >= 0.6 is 11.8 Å². The first-order valence-electron chi connectivity index (χ1n) is 7.60. The number of amides is 1. The Morgan fingerprint density at radius 1 is 1.04 bits per heavy atom. The molecule has 3 rings (SSSR count). The van der Waals surface area contributed by atoms with Crippen molar-refractivity contribution in [3.05, 3.63) is 60.9 Å². The molecule has 0 unspecified atom stereocenters. The van der Waals surface area contributed by atoms with E-state index >= 15 is 0 Å². The highest BCUT2D eigenvalue weighted by molar-refractivity contribution is 8.00. The van der Waals surface area contributed by atoms with Crippen LogP contribution in [0.4, 0.5) is 0 Å². The number of nitrogens with zero attached hydrogens (tertiary/aromatic N) is 2. The van der Waals surface area contributed by atoms with Gasteiger partial charge in [-0.2, -0.15) is 0 Å². The number of hydrogen-bond acceptors (Lipinski definition) is 5. The molecule has 1 N–H and O–H groups in total. The van der Waals surface area contributed by atoms with Crippen LogP contribution in [0.3, 0.4) is 0 Å². The normalized spacial score (nSPS) is 10.5. The van der Waals surface area contributed by atoms with E-state index in [-0.39, 0.29) is 5.91 Å². The molecule has 5 nitrogen and oxygen atoms in total. The minimum Gasteiger partial charge on any atom is -0.492 e. The molecule has 0 saturated heterocycles. The number of ether oxygens (including phenoxy) is 1. The van der Waals surface area contributed by atoms with Crippen LogP contribution in [0.5, 0.6) is 5.75 Å². The molecule has 0 fully saturated rings. The number of benzene rings is 2. The van der Waals surface area contributed by atoms with Crippen LogP contribution < -0.4 is 10.1 Å². The van der Waals surface area contributed by atoms with Gasteiger partial charge in [-0.1, -0.05) is 48.2 Å². The Bertz CT molecular complexity index is 806. The number of carbonyl (C=O) groups excluding carboxylic acids is 1. The highest BCUT2D eigenvalue weighted by atomic mass is 32.2. The summed E-state index contributed by atoms with van der Waals surface area (Å²) < 4.78 is 5.53. The number of para-hydroxylation sites is 2. The zero-order valence-corrected chi connectivity index (χ0v) is 13.8. The third-order valence-electron chi connectivity index (χ3n) is 3.28. The van der Waals surface area contributed by atoms with Crippen LogP contribution in [0.25, 0.3) is 10.9 Å². The predicted octanol–water partition coefficient (Wildman–Crippen LogP) is 2.92. The molecule has 0 spiro atoms. The first kappa shape index (κ1) is 16.3. The minimum absolute atomic E-state index is 0.0423. The topological polar surface area (TPSA) is 64.1 Å². The monoisotopic (exact) mass is 339 g/mol. The summed E-state index contributed by atoms with van der Waals surface area (Å²) in [6.45, 7) is 0.912. The van der Waals surface area contributed by atoms with Crippen molar-refractivity contribution in [2.45, 2.75) is 5.03 Å². The zero-order chi connectivity index (χ0) is 16.6. The van der Waals surface area contributed by atoms with Gasteiger partial charge in [0.1, 0.15) is 23.7 Å². The highest BCUT2D eigenvalue weighted by Crippen LogP contribution is 2.23. The summed E-state index contributed by atoms with van der Waals surface area (Å²) in [5, 5.41) is 4.62. The molecule has 3 aromatic rings. The maximum atomic E-state index is 11.9. The van der Waals surface area contributed by atoms with Crippen LogP contribution in [0.2, 0.25) is 0 Å². The fraction of sp³-hybridized carbons (Fsp3) is 0.167. The van der Waals surface area contributed by atoms with Gasteiger partial charge < -0.3 is 10.1 Å². The van der Waals surface area contributed by atoms with Crippen molar-refractivity contribution in [1.29, 1.82) is 0 Å². The fourth-order valence-corrected chi connectivity index (χ4v) is 2.98. The minimum atomic E-state index is -0.0423. The highest BCUT2D eigenvalue weighted by Gasteiger charge is 2.07. The van der Waals surface area contributed by atoms with Crippen molar-refractivity contribution < 1.29 is 9.53 Å². The molecule has 0 saturated carbocycles. The van der Waals surface area contributed by atoms with Gasteiger partial charge in [-0.3, -0.25) is 4.79 Å². The number of rotatable bonds is 7. The molecule has 6 heteroatoms. The Labute approximate surface area is 144 Å². The van der Waals surface area contributed by atoms with Crippen LogP contribution in [-0.2, 0) is 4.79 Å². The lowest BCUT2D eigenvalue weighted by Gasteiger charge is -2.08. The third kappa shape index (κ3) is 4.45. The molecule has 2 aromatic carbocycles. The van der Waals surface area contributed by atoms with E-state index in [0.717, 1.165) is 21.7 Å². The summed E-state index contributed by atoms with van der Waals surface area (Å²) in [4.78, 5) is 20.4. The van der Waals surface area contributed by atoms with E-state index in [1.807, 2.05) is 54.6 Å². The van der Waals surface area contributed by atoms with Crippen molar-refractivity contribution in [3.8, 4) is 5.75 Å². The smallest absolute Gasteiger partial charge is 0.230 e. The van der Waals surface area contributed by atoms with Gasteiger partial charge in [-0.05, 0) is 18.2 Å². The van der Waals surface area contributed by atoms with Gasteiger partial charge in [0.2, 0.25) is 5.91 Å². The molecule has 0 radical (unpaired) electrons. The Morgan fingerprint density at radius 3 is 2.71 bits per heavy atom. The van der Waals surface area contributed by atoms with E-state index in [9.17, 15) is 4.79 Å². The van der Waals surface area contributed by atoms with Crippen molar-refractivity contribution in [2.24, 2.45) is 0 Å². The number of nitrogens with one attached hydrogen (secondary N) is 1. The van der Waals surface area contributed by atoms with Gasteiger partial charge in [-0.15, -0.1) is 0 Å². The predicted molar refractivity (Wildman–Crippen MR) is 95.2 cm³/mol. The first-order chi connectivity index (χ1) is 11.8. The molecule has 1 aromatic heterocycles. The SMILES string of the molecule is O=C(CSc1ncnc2ccccc12)NCCOc1ccccc1. The molecule has 0 aliphatic rings. The van der Waals surface area contributed by atoms with Gasteiger partial charge in [0.15, 0.2) is 0 Å². The fourth-order valence-electron chi connectivity index (χ4n) is 2.16. The van der Waals surface area contributed by atoms with E-state index < -0.39 is 0 Å². The molecular weight excluding hydrogens is 322 g/mol. The summed E-state index contributed by atoms with van der Waals surface area (Å²) in [5.74, 6) is 1.07. The van der Waals surface area contributed by atoms with Crippen LogP contribution in [0.15, 0.2) is 66.0 Å². The Kier molecular flexibility index (Phi) is 5.63. The van der Waals surface area contributed by atoms with Crippen LogP contribution in [0, 0.1) is 0 Å². The Morgan fingerprint density at radius 2 is 1.83 bits per heavy atom. The second kappa shape index (κ2) is 8.31. The average molecular weight is 339 g/mol. The van der Waals surface area contributed by atoms with Crippen LogP contribution in [0.1, 0.15) is 0 Å². The summed E-state index contributed by atoms with van der Waals surface area (Å²) in [6, 6.07) is 17.3. The standard InChI is InChI=1S/C18H17N3O2S/c22-17(19-10-11-23-14-6-2-1-3-7-14)12-24-18-15-8-4-5-9-16(15)20-13-21-18/h1-9,13H,10-12H2,(H,19,22). The molecule has 1 heterocycles. The van der Waals surface area contributed by atoms with E-state index in [2.05, 4.69) is 15.3 Å². The summed E-state index contributed by atoms with van der Waals surface area (Å²) in [5.41, 5.74) is 0.881. The maximum absolute atomic E-state index is 11.9. The van der Waals surface area contributed by atoms with Gasteiger partial charge >= 0.3 is 0 Å². The number of thioether (sulfide) groups is 1.